The van der Waals surface area contributed by atoms with Crippen molar-refractivity contribution in [1.82, 2.24) is 4.90 Å². The minimum absolute atomic E-state index is 0.555. The molecule has 0 radical (unpaired) electrons. The topological polar surface area (TPSA) is 3.24 Å². The minimum atomic E-state index is 0.555. The van der Waals surface area contributed by atoms with Crippen LogP contribution in [0.15, 0.2) is 54.9 Å². The van der Waals surface area contributed by atoms with Gasteiger partial charge in [-0.1, -0.05) is 56.8 Å². The molecule has 1 nitrogen and oxygen atoms in total. The average molecular weight is 255 g/mol. The molecule has 0 spiro atoms. The highest BCUT2D eigenvalue weighted by Gasteiger charge is 2.28. The summed E-state index contributed by atoms with van der Waals surface area (Å²) in [5.41, 5.74) is 3.92. The average Bonchev–Trinajstić information content (AvgIpc) is 2.78. The van der Waals surface area contributed by atoms with E-state index in [1.165, 1.54) is 36.2 Å². The summed E-state index contributed by atoms with van der Waals surface area (Å²) in [4.78, 5) is 2.41. The van der Waals surface area contributed by atoms with Crippen molar-refractivity contribution in [2.24, 2.45) is 0 Å². The van der Waals surface area contributed by atoms with Gasteiger partial charge in [-0.3, -0.25) is 0 Å². The Bertz CT molecular complexity index is 432. The van der Waals surface area contributed by atoms with E-state index in [0.717, 1.165) is 19.3 Å². The first-order valence-corrected chi connectivity index (χ1v) is 7.41. The van der Waals surface area contributed by atoms with Gasteiger partial charge in [-0.25, -0.2) is 0 Å². The highest BCUT2D eigenvalue weighted by atomic mass is 15.2. The summed E-state index contributed by atoms with van der Waals surface area (Å²) in [5, 5.41) is 0. The van der Waals surface area contributed by atoms with Crippen LogP contribution in [-0.4, -0.2) is 10.9 Å². The number of rotatable bonds is 6. The molecule has 1 heterocycles. The molecule has 1 saturated heterocycles. The number of nitrogens with zero attached hydrogens (tertiary/aromatic N) is 1. The van der Waals surface area contributed by atoms with E-state index in [4.69, 9.17) is 0 Å². The third-order valence-corrected chi connectivity index (χ3v) is 3.95. The molecule has 0 aromatic heterocycles. The van der Waals surface area contributed by atoms with Crippen molar-refractivity contribution in [2.75, 3.05) is 0 Å². The van der Waals surface area contributed by atoms with E-state index in [1.54, 1.807) is 0 Å². The van der Waals surface area contributed by atoms with Gasteiger partial charge in [0.2, 0.25) is 0 Å². The molecule has 0 saturated carbocycles. The van der Waals surface area contributed by atoms with Crippen LogP contribution in [0.1, 0.15) is 44.6 Å². The normalized spacial score (nSPS) is 18.9. The van der Waals surface area contributed by atoms with E-state index in [2.05, 4.69) is 55.3 Å². The van der Waals surface area contributed by atoms with Crippen LogP contribution >= 0.6 is 0 Å². The van der Waals surface area contributed by atoms with Gasteiger partial charge in [-0.15, -0.1) is 0 Å². The summed E-state index contributed by atoms with van der Waals surface area (Å²) in [7, 11) is 0. The number of benzene rings is 1. The molecule has 1 aromatic rings. The Labute approximate surface area is 117 Å². The summed E-state index contributed by atoms with van der Waals surface area (Å²) in [6.07, 6.45) is 6.97. The Morgan fingerprint density at radius 2 is 2.05 bits per heavy atom. The third-order valence-electron chi connectivity index (χ3n) is 3.95. The number of hydrogen-bond acceptors (Lipinski definition) is 1. The van der Waals surface area contributed by atoms with Gasteiger partial charge >= 0.3 is 0 Å². The lowest BCUT2D eigenvalue weighted by atomic mass is 10.0. The molecule has 1 unspecified atom stereocenters. The summed E-state index contributed by atoms with van der Waals surface area (Å²) < 4.78 is 0. The zero-order valence-electron chi connectivity index (χ0n) is 12.1. The molecular weight excluding hydrogens is 230 g/mol. The van der Waals surface area contributed by atoms with Crippen molar-refractivity contribution in [3.63, 3.8) is 0 Å². The van der Waals surface area contributed by atoms with Crippen LogP contribution in [0, 0.1) is 0 Å². The highest BCUT2D eigenvalue weighted by Crippen LogP contribution is 2.33. The van der Waals surface area contributed by atoms with E-state index < -0.39 is 0 Å². The molecule has 0 N–H and O–H groups in total. The van der Waals surface area contributed by atoms with Crippen LogP contribution in [-0.2, 0) is 6.42 Å². The monoisotopic (exact) mass is 255 g/mol. The van der Waals surface area contributed by atoms with Crippen LogP contribution < -0.4 is 0 Å². The molecule has 1 aromatic carbocycles. The van der Waals surface area contributed by atoms with Crippen molar-refractivity contribution < 1.29 is 0 Å². The number of allylic oxidation sites excluding steroid dienone is 2. The van der Waals surface area contributed by atoms with E-state index in [0.29, 0.717) is 6.04 Å². The van der Waals surface area contributed by atoms with Gasteiger partial charge in [-0.2, -0.15) is 0 Å². The summed E-state index contributed by atoms with van der Waals surface area (Å²) in [6.45, 7) is 10.7. The zero-order valence-corrected chi connectivity index (χ0v) is 12.1. The molecule has 102 valence electrons. The minimum Gasteiger partial charge on any atom is -0.346 e. The molecule has 1 aliphatic rings. The van der Waals surface area contributed by atoms with Crippen LogP contribution in [0.2, 0.25) is 0 Å². The van der Waals surface area contributed by atoms with Crippen molar-refractivity contribution in [2.45, 2.75) is 51.5 Å². The Kier molecular flexibility index (Phi) is 4.84. The summed E-state index contributed by atoms with van der Waals surface area (Å²) in [5.74, 6) is 0. The van der Waals surface area contributed by atoms with E-state index in [-0.39, 0.29) is 0 Å². The SMILES string of the molecule is C=C(CCCC)N1C(=C)CCC1Cc1ccccc1. The number of likely N-dealkylation sites (tertiary alicyclic amines) is 1. The van der Waals surface area contributed by atoms with Crippen molar-refractivity contribution in [3.8, 4) is 0 Å². The molecule has 2 rings (SSSR count). The second-order valence-electron chi connectivity index (χ2n) is 5.49. The molecule has 0 aliphatic carbocycles. The highest BCUT2D eigenvalue weighted by molar-refractivity contribution is 5.21. The van der Waals surface area contributed by atoms with Gasteiger partial charge in [0.05, 0.1) is 0 Å². The standard InChI is InChI=1S/C18H25N/c1-4-5-9-15(2)19-16(3)12-13-18(19)14-17-10-7-6-8-11-17/h6-8,10-11,18H,2-5,9,12-14H2,1H3. The maximum absolute atomic E-state index is 4.28. The van der Waals surface area contributed by atoms with Gasteiger partial charge < -0.3 is 4.90 Å². The van der Waals surface area contributed by atoms with Gasteiger partial charge in [0, 0.05) is 17.4 Å². The van der Waals surface area contributed by atoms with E-state index in [1.807, 2.05) is 0 Å². The molecule has 0 bridgehead atoms. The van der Waals surface area contributed by atoms with Gasteiger partial charge in [0.25, 0.3) is 0 Å². The molecule has 0 amide bonds. The van der Waals surface area contributed by atoms with Gasteiger partial charge in [0.15, 0.2) is 0 Å². The lowest BCUT2D eigenvalue weighted by Crippen LogP contribution is -2.28. The Morgan fingerprint density at radius 3 is 2.74 bits per heavy atom. The maximum atomic E-state index is 4.28. The zero-order chi connectivity index (χ0) is 13.7. The van der Waals surface area contributed by atoms with E-state index >= 15 is 0 Å². The Morgan fingerprint density at radius 1 is 1.32 bits per heavy atom. The third kappa shape index (κ3) is 3.50. The molecule has 1 aliphatic heterocycles. The van der Waals surface area contributed by atoms with Crippen LogP contribution in [0.4, 0.5) is 0 Å². The smallest absolute Gasteiger partial charge is 0.0379 e. The molecular formula is C18H25N. The van der Waals surface area contributed by atoms with Crippen molar-refractivity contribution in [3.05, 3.63) is 60.4 Å². The first-order valence-electron chi connectivity index (χ1n) is 7.41. The van der Waals surface area contributed by atoms with Crippen molar-refractivity contribution >= 4 is 0 Å². The number of hydrogen-bond donors (Lipinski definition) is 0. The van der Waals surface area contributed by atoms with Crippen LogP contribution in [0.5, 0.6) is 0 Å². The molecule has 1 atom stereocenters. The largest absolute Gasteiger partial charge is 0.346 e. The Balaban J connectivity index is 2.03. The summed E-state index contributed by atoms with van der Waals surface area (Å²) in [6, 6.07) is 11.3. The lowest BCUT2D eigenvalue weighted by molar-refractivity contribution is 0.346. The lowest BCUT2D eigenvalue weighted by Gasteiger charge is -2.29. The predicted molar refractivity (Wildman–Crippen MR) is 82.8 cm³/mol. The summed E-state index contributed by atoms with van der Waals surface area (Å²) >= 11 is 0. The Hall–Kier alpha value is -1.50. The van der Waals surface area contributed by atoms with Gasteiger partial charge in [-0.05, 0) is 37.7 Å². The quantitative estimate of drug-likeness (QED) is 0.698. The fourth-order valence-electron chi connectivity index (χ4n) is 2.90. The fraction of sp³-hybridized carbons (Fsp3) is 0.444. The second-order valence-corrected chi connectivity index (χ2v) is 5.49. The van der Waals surface area contributed by atoms with Crippen LogP contribution in [0.25, 0.3) is 0 Å². The maximum Gasteiger partial charge on any atom is 0.0379 e. The van der Waals surface area contributed by atoms with Gasteiger partial charge in [0.1, 0.15) is 0 Å². The molecule has 19 heavy (non-hydrogen) atoms. The van der Waals surface area contributed by atoms with E-state index in [9.17, 15) is 0 Å². The molecule has 1 fully saturated rings. The van der Waals surface area contributed by atoms with Crippen molar-refractivity contribution in [1.29, 1.82) is 0 Å². The second kappa shape index (κ2) is 6.60. The number of unbranched alkanes of at least 4 members (excludes halogenated alkanes) is 1. The molecule has 1 heteroatoms. The van der Waals surface area contributed by atoms with Crippen LogP contribution in [0.3, 0.4) is 0 Å². The fourth-order valence-corrected chi connectivity index (χ4v) is 2.90. The first kappa shape index (κ1) is 13.9. The first-order chi connectivity index (χ1) is 9.22. The predicted octanol–water partition coefficient (Wildman–Crippen LogP) is 4.91.